The van der Waals surface area contributed by atoms with E-state index >= 15 is 0 Å². The maximum Gasteiger partial charge on any atom is 1.00 e. The zero-order valence-corrected chi connectivity index (χ0v) is 17.3. The van der Waals surface area contributed by atoms with E-state index in [0.29, 0.717) is 0 Å². The summed E-state index contributed by atoms with van der Waals surface area (Å²) in [5.41, 5.74) is 0.240. The Hall–Kier alpha value is 2.20. The summed E-state index contributed by atoms with van der Waals surface area (Å²) in [7, 11) is 3.86. The van der Waals surface area contributed by atoms with Gasteiger partial charge < -0.3 is 14.1 Å². The number of rotatable bonds is 2. The fraction of sp³-hybridized carbons (Fsp3) is 1.00. The van der Waals surface area contributed by atoms with E-state index in [1.54, 1.807) is 0 Å². The van der Waals surface area contributed by atoms with E-state index < -0.39 is 0 Å². The van der Waals surface area contributed by atoms with Crippen molar-refractivity contribution in [1.29, 1.82) is 0 Å². The van der Waals surface area contributed by atoms with Crippen molar-refractivity contribution in [3.05, 3.63) is 0 Å². The second kappa shape index (κ2) is 6.39. The minimum atomic E-state index is 0. The third kappa shape index (κ3) is 4.41. The van der Waals surface area contributed by atoms with Crippen molar-refractivity contribution in [2.45, 2.75) is 58.2 Å². The van der Waals surface area contributed by atoms with Gasteiger partial charge in [0, 0.05) is 0 Å². The molecule has 84 valence electrons. The molecule has 1 rings (SSSR count). The number of hydrogen-bond acceptors (Lipinski definition) is 1. The smallest absolute Gasteiger partial charge is 0.550 e. The molecule has 0 aromatic rings. The molecule has 0 aromatic heterocycles. The fourth-order valence-electron chi connectivity index (χ4n) is 1.96. The molecular weight excluding hydrogens is 275 g/mol. The van der Waals surface area contributed by atoms with Crippen LogP contribution in [0.25, 0.3) is 0 Å². The maximum absolute atomic E-state index is 3.86. The first-order valence-electron chi connectivity index (χ1n) is 5.75. The molecule has 15 heavy (non-hydrogen) atoms. The van der Waals surface area contributed by atoms with Crippen molar-refractivity contribution < 1.29 is 58.2 Å². The summed E-state index contributed by atoms with van der Waals surface area (Å²) in [5.74, 6) is 0.917. The average molecular weight is 300 g/mol. The Morgan fingerprint density at radius 3 is 1.80 bits per heavy atom. The van der Waals surface area contributed by atoms with Crippen molar-refractivity contribution >= 4 is 9.24 Å². The second-order valence-electron chi connectivity index (χ2n) is 5.85. The number of nitrogens with zero attached hydrogens (tertiary/aromatic N) is 1. The van der Waals surface area contributed by atoms with Crippen LogP contribution in [-0.4, -0.2) is 28.7 Å². The van der Waals surface area contributed by atoms with E-state index in [1.807, 2.05) is 0 Å². The van der Waals surface area contributed by atoms with Crippen molar-refractivity contribution in [3.63, 3.8) is 0 Å². The maximum atomic E-state index is 3.86. The summed E-state index contributed by atoms with van der Waals surface area (Å²) >= 11 is 0. The average Bonchev–Trinajstić information content (AvgIpc) is 2.03. The number of likely N-dealkylation sites (tertiary alicyclic amines) is 1. The van der Waals surface area contributed by atoms with Crippen molar-refractivity contribution in [1.82, 2.24) is 4.90 Å². The van der Waals surface area contributed by atoms with Gasteiger partial charge in [0.2, 0.25) is 0 Å². The largest absolute Gasteiger partial charge is 1.00 e. The molecule has 1 aliphatic heterocycles. The molecule has 1 nitrogen and oxygen atoms in total. The summed E-state index contributed by atoms with van der Waals surface area (Å²) in [6.07, 6.45) is 2.71. The fourth-order valence-corrected chi connectivity index (χ4v) is 2.12. The number of hydrogen-bond donors (Lipinski definition) is 0. The van der Waals surface area contributed by atoms with E-state index in [1.165, 1.54) is 25.9 Å². The summed E-state index contributed by atoms with van der Waals surface area (Å²) in [5, 5.41) is 0.174. The summed E-state index contributed by atoms with van der Waals surface area (Å²) in [6.45, 7) is 14.1. The zero-order chi connectivity index (χ0) is 11.0. The Morgan fingerprint density at radius 1 is 1.07 bits per heavy atom. The van der Waals surface area contributed by atoms with Crippen LogP contribution in [0.4, 0.5) is 0 Å². The molecule has 0 amide bonds. The molecular formula is C12H25NPRb. The van der Waals surface area contributed by atoms with Crippen LogP contribution in [0.1, 0.15) is 47.5 Å². The van der Waals surface area contributed by atoms with Gasteiger partial charge in [0.1, 0.15) is 0 Å². The molecule has 0 saturated carbocycles. The van der Waals surface area contributed by atoms with Crippen LogP contribution in [-0.2, 0) is 0 Å². The SMILES string of the molecule is CC1CCN(C(C)(C)C(C)(C)[PH-])CC1.[Rb+]. The third-order valence-corrected chi connectivity index (χ3v) is 4.72. The molecule has 1 saturated heterocycles. The van der Waals surface area contributed by atoms with E-state index in [4.69, 9.17) is 0 Å². The van der Waals surface area contributed by atoms with Crippen LogP contribution < -0.4 is 58.2 Å². The van der Waals surface area contributed by atoms with E-state index in [0.717, 1.165) is 5.92 Å². The summed E-state index contributed by atoms with van der Waals surface area (Å²) < 4.78 is 0. The van der Waals surface area contributed by atoms with Crippen LogP contribution in [0, 0.1) is 5.92 Å². The monoisotopic (exact) mass is 299 g/mol. The van der Waals surface area contributed by atoms with Gasteiger partial charge in [-0.25, -0.2) is 0 Å². The first-order valence-corrected chi connectivity index (χ1v) is 6.25. The van der Waals surface area contributed by atoms with Gasteiger partial charge in [0.05, 0.1) is 0 Å². The molecule has 1 aliphatic rings. The molecule has 3 heteroatoms. The van der Waals surface area contributed by atoms with Gasteiger partial charge in [0.15, 0.2) is 0 Å². The van der Waals surface area contributed by atoms with Crippen LogP contribution in [0.3, 0.4) is 0 Å². The first-order chi connectivity index (χ1) is 6.25. The minimum Gasteiger partial charge on any atom is -0.550 e. The normalized spacial score (nSPS) is 21.2. The zero-order valence-electron chi connectivity index (χ0n) is 11.4. The molecule has 0 aromatic carbocycles. The summed E-state index contributed by atoms with van der Waals surface area (Å²) in [4.78, 5) is 2.62. The Bertz CT molecular complexity index is 190. The number of piperidine rings is 1. The second-order valence-corrected chi connectivity index (χ2v) is 7.10. The molecule has 0 N–H and O–H groups in total. The predicted octanol–water partition coefficient (Wildman–Crippen LogP) is 0.422. The van der Waals surface area contributed by atoms with E-state index in [2.05, 4.69) is 48.8 Å². The Morgan fingerprint density at radius 2 is 1.47 bits per heavy atom. The Labute approximate surface area is 147 Å². The molecule has 0 atom stereocenters. The van der Waals surface area contributed by atoms with Gasteiger partial charge in [-0.2, -0.15) is 0 Å². The van der Waals surface area contributed by atoms with Gasteiger partial charge in [-0.05, 0) is 51.2 Å². The molecule has 0 aliphatic carbocycles. The Kier molecular flexibility index (Phi) is 7.32. The molecule has 0 radical (unpaired) electrons. The minimum absolute atomic E-state index is 0. The van der Waals surface area contributed by atoms with Crippen molar-refractivity contribution in [2.24, 2.45) is 5.92 Å². The van der Waals surface area contributed by atoms with Crippen LogP contribution in [0.2, 0.25) is 0 Å². The van der Waals surface area contributed by atoms with Gasteiger partial charge in [0.25, 0.3) is 0 Å². The van der Waals surface area contributed by atoms with E-state index in [-0.39, 0.29) is 68.9 Å². The van der Waals surface area contributed by atoms with E-state index in [9.17, 15) is 0 Å². The van der Waals surface area contributed by atoms with Gasteiger partial charge >= 0.3 is 58.2 Å². The van der Waals surface area contributed by atoms with Crippen LogP contribution in [0.5, 0.6) is 0 Å². The quantitative estimate of drug-likeness (QED) is 0.668. The first kappa shape index (κ1) is 17.2. The molecule has 0 bridgehead atoms. The van der Waals surface area contributed by atoms with Gasteiger partial charge in [-0.1, -0.05) is 20.8 Å². The van der Waals surface area contributed by atoms with Gasteiger partial charge in [-0.15, -0.1) is 5.16 Å². The molecule has 0 spiro atoms. The van der Waals surface area contributed by atoms with Crippen LogP contribution in [0.15, 0.2) is 0 Å². The Balaban J connectivity index is 0.00000196. The van der Waals surface area contributed by atoms with Gasteiger partial charge in [-0.3, -0.25) is 0 Å². The standard InChI is InChI=1S/C12H25NP.Rb/c1-10-6-8-13(9-7-10)11(2,3)12(4,5)14;/h10,14H,6-9H2,1-5H3;/q-1;+1. The van der Waals surface area contributed by atoms with Crippen LogP contribution >= 0.6 is 9.24 Å². The summed E-state index contributed by atoms with van der Waals surface area (Å²) in [6, 6.07) is 0. The molecule has 0 unspecified atom stereocenters. The topological polar surface area (TPSA) is 3.24 Å². The van der Waals surface area contributed by atoms with Crippen molar-refractivity contribution in [2.75, 3.05) is 13.1 Å². The predicted molar refractivity (Wildman–Crippen MR) is 66.4 cm³/mol. The van der Waals surface area contributed by atoms with Crippen molar-refractivity contribution in [3.8, 4) is 0 Å². The molecule has 1 fully saturated rings. The molecule has 1 heterocycles. The third-order valence-electron chi connectivity index (χ3n) is 4.10.